The highest BCUT2D eigenvalue weighted by molar-refractivity contribution is 7.92. The van der Waals surface area contributed by atoms with Gasteiger partial charge in [-0.25, -0.2) is 0 Å². The quantitative estimate of drug-likeness (QED) is 0.852. The van der Waals surface area contributed by atoms with Crippen LogP contribution in [0.15, 0.2) is 22.0 Å². The van der Waals surface area contributed by atoms with Crippen LogP contribution in [0.2, 0.25) is 0 Å². The zero-order valence-electron chi connectivity index (χ0n) is 14.2. The van der Waals surface area contributed by atoms with E-state index >= 15 is 0 Å². The van der Waals surface area contributed by atoms with Gasteiger partial charge >= 0.3 is 0 Å². The Hall–Kier alpha value is -2.09. The number of sulfonamides is 1. The lowest BCUT2D eigenvalue weighted by atomic mass is 9.96. The second-order valence-electron chi connectivity index (χ2n) is 6.83. The third-order valence-corrected chi connectivity index (χ3v) is 6.28. The van der Waals surface area contributed by atoms with Crippen LogP contribution in [0.4, 0.5) is 5.69 Å². The number of fused-ring (bicyclic) bond motifs is 1. The van der Waals surface area contributed by atoms with Crippen molar-refractivity contribution in [2.75, 3.05) is 4.72 Å². The molecule has 1 saturated carbocycles. The summed E-state index contributed by atoms with van der Waals surface area (Å²) in [6.07, 6.45) is 5.91. The van der Waals surface area contributed by atoms with Crippen molar-refractivity contribution in [2.24, 2.45) is 0 Å². The molecule has 0 spiro atoms. The van der Waals surface area contributed by atoms with Crippen LogP contribution in [-0.4, -0.2) is 23.2 Å². The Morgan fingerprint density at radius 3 is 2.76 bits per heavy atom. The highest BCUT2D eigenvalue weighted by Gasteiger charge is 2.30. The topological polar surface area (TPSA) is 96.8 Å². The van der Waals surface area contributed by atoms with E-state index in [1.54, 1.807) is 12.1 Å². The third kappa shape index (κ3) is 3.10. The van der Waals surface area contributed by atoms with Gasteiger partial charge in [0.05, 0.1) is 5.69 Å². The molecule has 2 aliphatic carbocycles. The second kappa shape index (κ2) is 6.01. The molecule has 0 aliphatic heterocycles. The summed E-state index contributed by atoms with van der Waals surface area (Å²) in [7, 11) is -3.86. The number of rotatable bonds is 5. The van der Waals surface area contributed by atoms with Crippen LogP contribution in [0.3, 0.4) is 0 Å². The van der Waals surface area contributed by atoms with E-state index in [0.29, 0.717) is 12.5 Å². The Kier molecular flexibility index (Phi) is 3.94. The molecule has 1 fully saturated rings. The minimum Gasteiger partial charge on any atom is -0.324 e. The van der Waals surface area contributed by atoms with Crippen LogP contribution in [0, 0.1) is 0 Å². The molecule has 2 heterocycles. The minimum absolute atomic E-state index is 0.0810. The first kappa shape index (κ1) is 16.4. The summed E-state index contributed by atoms with van der Waals surface area (Å²) in [5.74, 6) is 0.369. The van der Waals surface area contributed by atoms with Crippen molar-refractivity contribution in [1.29, 1.82) is 0 Å². The number of anilines is 1. The molecule has 4 rings (SSSR count). The lowest BCUT2D eigenvalue weighted by Gasteiger charge is -2.16. The predicted molar refractivity (Wildman–Crippen MR) is 94.4 cm³/mol. The average Bonchev–Trinajstić information content (AvgIpc) is 3.33. The maximum absolute atomic E-state index is 12.8. The molecule has 2 aromatic heterocycles. The standard InChI is InChI=1S/C17H22N4O3S/c1-2-21-16(10-14(19-21)11-7-8-11)25(23,24)20-15-9-12-5-3-4-6-13(12)18-17(15)22/h9-11,20H,2-8H2,1H3,(H,18,22). The fourth-order valence-corrected chi connectivity index (χ4v) is 4.66. The molecule has 0 aromatic carbocycles. The van der Waals surface area contributed by atoms with Crippen LogP contribution in [-0.2, 0) is 29.4 Å². The summed E-state index contributed by atoms with van der Waals surface area (Å²) >= 11 is 0. The lowest BCUT2D eigenvalue weighted by Crippen LogP contribution is -2.24. The van der Waals surface area contributed by atoms with Crippen molar-refractivity contribution in [2.45, 2.75) is 62.9 Å². The average molecular weight is 362 g/mol. The van der Waals surface area contributed by atoms with Gasteiger partial charge in [0.1, 0.15) is 5.69 Å². The van der Waals surface area contributed by atoms with Crippen LogP contribution in [0.1, 0.15) is 55.5 Å². The molecule has 7 nitrogen and oxygen atoms in total. The summed E-state index contributed by atoms with van der Waals surface area (Å²) < 4.78 is 29.6. The van der Waals surface area contributed by atoms with Gasteiger partial charge in [-0.05, 0) is 57.1 Å². The number of nitrogens with zero attached hydrogens (tertiary/aromatic N) is 2. The Labute approximate surface area is 146 Å². The highest BCUT2D eigenvalue weighted by Crippen LogP contribution is 2.40. The van der Waals surface area contributed by atoms with E-state index in [4.69, 9.17) is 0 Å². The summed E-state index contributed by atoms with van der Waals surface area (Å²) in [6.45, 7) is 2.32. The molecule has 25 heavy (non-hydrogen) atoms. The van der Waals surface area contributed by atoms with Gasteiger partial charge in [-0.3, -0.25) is 14.2 Å². The van der Waals surface area contributed by atoms with E-state index in [9.17, 15) is 13.2 Å². The molecule has 0 unspecified atom stereocenters. The minimum atomic E-state index is -3.86. The van der Waals surface area contributed by atoms with Crippen LogP contribution < -0.4 is 10.3 Å². The molecule has 2 N–H and O–H groups in total. The van der Waals surface area contributed by atoms with Gasteiger partial charge in [-0.2, -0.15) is 13.5 Å². The number of hydrogen-bond donors (Lipinski definition) is 2. The van der Waals surface area contributed by atoms with Crippen molar-refractivity contribution in [3.05, 3.63) is 39.4 Å². The maximum atomic E-state index is 12.8. The van der Waals surface area contributed by atoms with Crippen molar-refractivity contribution in [1.82, 2.24) is 14.8 Å². The van der Waals surface area contributed by atoms with Gasteiger partial charge in [0, 0.05) is 24.2 Å². The molecule has 0 amide bonds. The Morgan fingerprint density at radius 2 is 2.04 bits per heavy atom. The van der Waals surface area contributed by atoms with Crippen LogP contribution in [0.25, 0.3) is 0 Å². The number of aromatic amines is 1. The predicted octanol–water partition coefficient (Wildman–Crippen LogP) is 2.15. The Bertz CT molecular complexity index is 970. The molecule has 2 aliphatic rings. The van der Waals surface area contributed by atoms with E-state index in [2.05, 4.69) is 14.8 Å². The van der Waals surface area contributed by atoms with Gasteiger partial charge in [0.15, 0.2) is 5.03 Å². The molecule has 0 radical (unpaired) electrons. The van der Waals surface area contributed by atoms with Crippen LogP contribution in [0.5, 0.6) is 0 Å². The number of H-pyrrole nitrogens is 1. The Balaban J connectivity index is 1.69. The molecule has 0 saturated heterocycles. The van der Waals surface area contributed by atoms with Gasteiger partial charge in [-0.15, -0.1) is 0 Å². The van der Waals surface area contributed by atoms with E-state index in [-0.39, 0.29) is 10.7 Å². The molecule has 0 atom stereocenters. The second-order valence-corrected chi connectivity index (χ2v) is 8.46. The normalized spacial score (nSPS) is 17.3. The number of hydrogen-bond acceptors (Lipinski definition) is 4. The number of aromatic nitrogens is 3. The molecular formula is C17H22N4O3S. The van der Waals surface area contributed by atoms with Crippen molar-refractivity contribution < 1.29 is 8.42 Å². The molecular weight excluding hydrogens is 340 g/mol. The summed E-state index contributed by atoms with van der Waals surface area (Å²) in [5, 5.41) is 4.52. The molecule has 2 aromatic rings. The van der Waals surface area contributed by atoms with E-state index < -0.39 is 15.6 Å². The molecule has 134 valence electrons. The van der Waals surface area contributed by atoms with Gasteiger partial charge in [0.2, 0.25) is 0 Å². The van der Waals surface area contributed by atoms with Gasteiger partial charge in [0.25, 0.3) is 15.6 Å². The van der Waals surface area contributed by atoms with Crippen molar-refractivity contribution in [3.8, 4) is 0 Å². The van der Waals surface area contributed by atoms with Crippen LogP contribution >= 0.6 is 0 Å². The Morgan fingerprint density at radius 1 is 1.28 bits per heavy atom. The smallest absolute Gasteiger partial charge is 0.279 e. The maximum Gasteiger partial charge on any atom is 0.279 e. The van der Waals surface area contributed by atoms with E-state index in [0.717, 1.165) is 55.5 Å². The first-order chi connectivity index (χ1) is 12.0. The third-order valence-electron chi connectivity index (χ3n) is 4.91. The zero-order chi connectivity index (χ0) is 17.6. The number of aryl methyl sites for hydroxylation is 3. The first-order valence-corrected chi connectivity index (χ1v) is 10.3. The largest absolute Gasteiger partial charge is 0.324 e. The van der Waals surface area contributed by atoms with E-state index in [1.807, 2.05) is 6.92 Å². The highest BCUT2D eigenvalue weighted by atomic mass is 32.2. The fraction of sp³-hybridized carbons (Fsp3) is 0.529. The summed E-state index contributed by atoms with van der Waals surface area (Å²) in [5.41, 5.74) is 2.45. The monoisotopic (exact) mass is 362 g/mol. The number of nitrogens with one attached hydrogen (secondary N) is 2. The lowest BCUT2D eigenvalue weighted by molar-refractivity contribution is 0.555. The van der Waals surface area contributed by atoms with E-state index in [1.165, 1.54) is 4.68 Å². The van der Waals surface area contributed by atoms with Crippen molar-refractivity contribution >= 4 is 15.7 Å². The number of pyridine rings is 1. The van der Waals surface area contributed by atoms with Gasteiger partial charge in [-0.1, -0.05) is 0 Å². The zero-order valence-corrected chi connectivity index (χ0v) is 15.0. The fourth-order valence-electron chi connectivity index (χ4n) is 3.39. The molecule has 0 bridgehead atoms. The van der Waals surface area contributed by atoms with Gasteiger partial charge < -0.3 is 4.98 Å². The SMILES string of the molecule is CCn1nc(C2CC2)cc1S(=O)(=O)Nc1cc2c([nH]c1=O)CCCC2. The first-order valence-electron chi connectivity index (χ1n) is 8.83. The summed E-state index contributed by atoms with van der Waals surface area (Å²) in [4.78, 5) is 15.1. The van der Waals surface area contributed by atoms with Crippen molar-refractivity contribution in [3.63, 3.8) is 0 Å². The summed E-state index contributed by atoms with van der Waals surface area (Å²) in [6, 6.07) is 3.31. The molecule has 8 heteroatoms.